The zero-order valence-corrected chi connectivity index (χ0v) is 11.8. The van der Waals surface area contributed by atoms with Crippen LogP contribution in [-0.2, 0) is 10.0 Å². The smallest absolute Gasteiger partial charge is 0.337 e. The number of carboxylic acids is 1. The average Bonchev–Trinajstić information content (AvgIpc) is 2.47. The summed E-state index contributed by atoms with van der Waals surface area (Å²) in [5.41, 5.74) is -0.729. The molecular weight excluding hydrogens is 312 g/mol. The van der Waals surface area contributed by atoms with Crippen LogP contribution in [0.25, 0.3) is 0 Å². The topological polar surface area (TPSA) is 127 Å². The number of non-ortho nitro benzene ring substituents is 1. The van der Waals surface area contributed by atoms with Gasteiger partial charge in [0.1, 0.15) is 0 Å². The van der Waals surface area contributed by atoms with Gasteiger partial charge in [-0.15, -0.1) is 0 Å². The first-order chi connectivity index (χ1) is 10.3. The SMILES string of the molecule is O=C(O)c1ccccc1NS(=O)(=O)c1cccc([N+](=O)[O-])c1. The van der Waals surface area contributed by atoms with Crippen LogP contribution >= 0.6 is 0 Å². The molecule has 0 heterocycles. The summed E-state index contributed by atoms with van der Waals surface area (Å²) in [5.74, 6) is -1.29. The van der Waals surface area contributed by atoms with E-state index >= 15 is 0 Å². The van der Waals surface area contributed by atoms with Gasteiger partial charge in [-0.05, 0) is 18.2 Å². The van der Waals surface area contributed by atoms with Crippen LogP contribution in [0.4, 0.5) is 11.4 Å². The number of para-hydroxylation sites is 1. The van der Waals surface area contributed by atoms with Gasteiger partial charge in [-0.3, -0.25) is 14.8 Å². The van der Waals surface area contributed by atoms with Crippen molar-refractivity contribution in [2.75, 3.05) is 4.72 Å². The maximum atomic E-state index is 12.2. The molecule has 2 rings (SSSR count). The molecule has 114 valence electrons. The lowest BCUT2D eigenvalue weighted by molar-refractivity contribution is -0.385. The van der Waals surface area contributed by atoms with Crippen LogP contribution in [0.3, 0.4) is 0 Å². The number of carbonyl (C=O) groups is 1. The third-order valence-electron chi connectivity index (χ3n) is 2.74. The monoisotopic (exact) mass is 322 g/mol. The highest BCUT2D eigenvalue weighted by Gasteiger charge is 2.20. The minimum absolute atomic E-state index is 0.124. The van der Waals surface area contributed by atoms with E-state index in [-0.39, 0.29) is 21.8 Å². The molecule has 0 bridgehead atoms. The minimum atomic E-state index is -4.14. The molecule has 0 saturated heterocycles. The Balaban J connectivity index is 2.43. The second-order valence-electron chi connectivity index (χ2n) is 4.21. The van der Waals surface area contributed by atoms with Gasteiger partial charge in [-0.2, -0.15) is 0 Å². The van der Waals surface area contributed by atoms with Crippen molar-refractivity contribution in [1.29, 1.82) is 0 Å². The van der Waals surface area contributed by atoms with Gasteiger partial charge >= 0.3 is 5.97 Å². The standard InChI is InChI=1S/C13H10N2O6S/c16-13(17)11-6-1-2-7-12(11)14-22(20,21)10-5-3-4-9(8-10)15(18)19/h1-8,14H,(H,16,17). The lowest BCUT2D eigenvalue weighted by Gasteiger charge is -2.10. The van der Waals surface area contributed by atoms with E-state index in [1.165, 1.54) is 36.4 Å². The van der Waals surface area contributed by atoms with Crippen molar-refractivity contribution in [2.45, 2.75) is 4.90 Å². The van der Waals surface area contributed by atoms with Crippen molar-refractivity contribution < 1.29 is 23.2 Å². The summed E-state index contributed by atoms with van der Waals surface area (Å²) < 4.78 is 26.6. The molecule has 0 aliphatic carbocycles. The van der Waals surface area contributed by atoms with Gasteiger partial charge in [0.05, 0.1) is 21.1 Å². The Bertz CT molecular complexity index is 847. The van der Waals surface area contributed by atoms with Crippen molar-refractivity contribution in [2.24, 2.45) is 0 Å². The van der Waals surface area contributed by atoms with Gasteiger partial charge in [-0.1, -0.05) is 18.2 Å². The Morgan fingerprint density at radius 2 is 1.82 bits per heavy atom. The summed E-state index contributed by atoms with van der Waals surface area (Å²) in [6.07, 6.45) is 0. The van der Waals surface area contributed by atoms with Crippen LogP contribution in [0, 0.1) is 10.1 Å². The molecule has 8 nitrogen and oxygen atoms in total. The summed E-state index contributed by atoms with van der Waals surface area (Å²) >= 11 is 0. The molecule has 0 atom stereocenters. The molecular formula is C13H10N2O6S. The Kier molecular flexibility index (Phi) is 4.08. The van der Waals surface area contributed by atoms with Crippen LogP contribution in [-0.4, -0.2) is 24.4 Å². The summed E-state index contributed by atoms with van der Waals surface area (Å²) in [6.45, 7) is 0. The molecule has 9 heteroatoms. The van der Waals surface area contributed by atoms with Crippen LogP contribution < -0.4 is 4.72 Å². The fraction of sp³-hybridized carbons (Fsp3) is 0. The molecule has 0 saturated carbocycles. The highest BCUT2D eigenvalue weighted by molar-refractivity contribution is 7.92. The van der Waals surface area contributed by atoms with Gasteiger partial charge in [0.2, 0.25) is 0 Å². The minimum Gasteiger partial charge on any atom is -0.478 e. The molecule has 0 spiro atoms. The number of nitrogens with zero attached hydrogens (tertiary/aromatic N) is 1. The molecule has 0 unspecified atom stereocenters. The van der Waals surface area contributed by atoms with E-state index in [4.69, 9.17) is 5.11 Å². The number of carboxylic acid groups (broad SMARTS) is 1. The first-order valence-electron chi connectivity index (χ1n) is 5.91. The molecule has 0 aliphatic rings. The number of rotatable bonds is 5. The Labute approximate surface area is 125 Å². The van der Waals surface area contributed by atoms with Crippen LogP contribution in [0.5, 0.6) is 0 Å². The molecule has 0 aromatic heterocycles. The van der Waals surface area contributed by atoms with Crippen molar-refractivity contribution in [3.8, 4) is 0 Å². The zero-order chi connectivity index (χ0) is 16.3. The van der Waals surface area contributed by atoms with Crippen LogP contribution in [0.2, 0.25) is 0 Å². The van der Waals surface area contributed by atoms with Crippen LogP contribution in [0.1, 0.15) is 10.4 Å². The number of anilines is 1. The lowest BCUT2D eigenvalue weighted by Crippen LogP contribution is -2.15. The number of hydrogen-bond donors (Lipinski definition) is 2. The maximum Gasteiger partial charge on any atom is 0.337 e. The van der Waals surface area contributed by atoms with Crippen LogP contribution in [0.15, 0.2) is 53.4 Å². The molecule has 0 amide bonds. The lowest BCUT2D eigenvalue weighted by atomic mass is 10.2. The number of nitro groups is 1. The van der Waals surface area contributed by atoms with Gasteiger partial charge < -0.3 is 5.11 Å². The first kappa shape index (κ1) is 15.4. The van der Waals surface area contributed by atoms with Gasteiger partial charge in [-0.25, -0.2) is 13.2 Å². The van der Waals surface area contributed by atoms with Gasteiger partial charge in [0, 0.05) is 12.1 Å². The fourth-order valence-electron chi connectivity index (χ4n) is 1.73. The molecule has 2 aromatic rings. The summed E-state index contributed by atoms with van der Waals surface area (Å²) in [4.78, 5) is 20.7. The summed E-state index contributed by atoms with van der Waals surface area (Å²) in [6, 6.07) is 9.92. The highest BCUT2D eigenvalue weighted by Crippen LogP contribution is 2.22. The number of nitro benzene ring substituents is 1. The third kappa shape index (κ3) is 3.20. The van der Waals surface area contributed by atoms with Gasteiger partial charge in [0.25, 0.3) is 15.7 Å². The van der Waals surface area contributed by atoms with E-state index < -0.39 is 20.9 Å². The number of benzene rings is 2. The summed E-state index contributed by atoms with van der Waals surface area (Å²) in [7, 11) is -4.14. The second kappa shape index (κ2) is 5.82. The van der Waals surface area contributed by atoms with Gasteiger partial charge in [0.15, 0.2) is 0 Å². The maximum absolute atomic E-state index is 12.2. The summed E-state index contributed by atoms with van der Waals surface area (Å²) in [5, 5.41) is 19.7. The Morgan fingerprint density at radius 1 is 1.14 bits per heavy atom. The predicted molar refractivity (Wildman–Crippen MR) is 77.3 cm³/mol. The van der Waals surface area contributed by atoms with Crippen molar-refractivity contribution in [3.05, 3.63) is 64.2 Å². The normalized spacial score (nSPS) is 10.9. The second-order valence-corrected chi connectivity index (χ2v) is 5.89. The van der Waals surface area contributed by atoms with Crippen molar-refractivity contribution in [3.63, 3.8) is 0 Å². The zero-order valence-electron chi connectivity index (χ0n) is 11.0. The van der Waals surface area contributed by atoms with Crippen molar-refractivity contribution >= 4 is 27.4 Å². The quantitative estimate of drug-likeness (QED) is 0.641. The largest absolute Gasteiger partial charge is 0.478 e. The number of aromatic carboxylic acids is 1. The highest BCUT2D eigenvalue weighted by atomic mass is 32.2. The van der Waals surface area contributed by atoms with E-state index in [0.29, 0.717) is 0 Å². The number of sulfonamides is 1. The van der Waals surface area contributed by atoms with E-state index in [0.717, 1.165) is 12.1 Å². The first-order valence-corrected chi connectivity index (χ1v) is 7.39. The molecule has 2 N–H and O–H groups in total. The molecule has 22 heavy (non-hydrogen) atoms. The van der Waals surface area contributed by atoms with E-state index in [1.807, 2.05) is 0 Å². The van der Waals surface area contributed by atoms with E-state index in [1.54, 1.807) is 0 Å². The Hall–Kier alpha value is -2.94. The molecule has 0 aliphatic heterocycles. The van der Waals surface area contributed by atoms with E-state index in [2.05, 4.69) is 4.72 Å². The van der Waals surface area contributed by atoms with E-state index in [9.17, 15) is 23.3 Å². The number of hydrogen-bond acceptors (Lipinski definition) is 5. The Morgan fingerprint density at radius 3 is 2.45 bits per heavy atom. The molecule has 0 radical (unpaired) electrons. The molecule has 0 fully saturated rings. The predicted octanol–water partition coefficient (Wildman–Crippen LogP) is 2.09. The average molecular weight is 322 g/mol. The third-order valence-corrected chi connectivity index (χ3v) is 4.10. The number of nitrogens with one attached hydrogen (secondary N) is 1. The van der Waals surface area contributed by atoms with Crippen molar-refractivity contribution in [1.82, 2.24) is 0 Å². The fourth-order valence-corrected chi connectivity index (χ4v) is 2.85. The molecule has 2 aromatic carbocycles.